The largest absolute Gasteiger partial charge is 0.353 e. The van der Waals surface area contributed by atoms with Gasteiger partial charge < -0.3 is 16.0 Å². The molecular weight excluding hydrogens is 204 g/mol. The predicted molar refractivity (Wildman–Crippen MR) is 61.9 cm³/mol. The van der Waals surface area contributed by atoms with Crippen LogP contribution in [-0.2, 0) is 11.3 Å². The molecule has 16 heavy (non-hydrogen) atoms. The minimum atomic E-state index is -0.162. The highest BCUT2D eigenvalue weighted by atomic mass is 16.2. The Morgan fingerprint density at radius 2 is 2.44 bits per heavy atom. The Bertz CT molecular complexity index is 376. The van der Waals surface area contributed by atoms with Crippen molar-refractivity contribution in [3.05, 3.63) is 23.9 Å². The van der Waals surface area contributed by atoms with Crippen molar-refractivity contribution in [3.63, 3.8) is 0 Å². The van der Waals surface area contributed by atoms with Crippen LogP contribution in [0.1, 0.15) is 12.5 Å². The van der Waals surface area contributed by atoms with E-state index in [2.05, 4.69) is 10.3 Å². The van der Waals surface area contributed by atoms with Crippen LogP contribution in [-0.4, -0.2) is 30.0 Å². The number of amides is 1. The van der Waals surface area contributed by atoms with Gasteiger partial charge in [0.15, 0.2) is 0 Å². The van der Waals surface area contributed by atoms with Gasteiger partial charge >= 0.3 is 0 Å². The van der Waals surface area contributed by atoms with Crippen LogP contribution >= 0.6 is 0 Å². The topological polar surface area (TPSA) is 71.2 Å². The molecule has 0 radical (unpaired) electrons. The molecule has 5 nitrogen and oxygen atoms in total. The minimum Gasteiger partial charge on any atom is -0.353 e. The highest BCUT2D eigenvalue weighted by molar-refractivity contribution is 5.85. The first-order valence-corrected chi connectivity index (χ1v) is 5.41. The lowest BCUT2D eigenvalue weighted by molar-refractivity contribution is -0.122. The second kappa shape index (κ2) is 4.49. The molecule has 0 spiro atoms. The van der Waals surface area contributed by atoms with Gasteiger partial charge in [-0.1, -0.05) is 6.07 Å². The molecular formula is C11H16N4O. The number of piperazine rings is 1. The molecule has 86 valence electrons. The summed E-state index contributed by atoms with van der Waals surface area (Å²) in [5.41, 5.74) is 6.51. The number of carbonyl (C=O) groups excluding carboxylic acids is 1. The molecule has 1 aliphatic heterocycles. The number of carbonyl (C=O) groups is 1. The first-order valence-electron chi connectivity index (χ1n) is 5.41. The number of nitrogens with two attached hydrogens (primary N) is 1. The maximum absolute atomic E-state index is 11.5. The quantitative estimate of drug-likeness (QED) is 0.728. The van der Waals surface area contributed by atoms with Crippen LogP contribution in [0.3, 0.4) is 0 Å². The zero-order valence-corrected chi connectivity index (χ0v) is 9.31. The normalized spacial score (nSPS) is 20.8. The summed E-state index contributed by atoms with van der Waals surface area (Å²) in [5, 5.41) is 2.83. The third-order valence-corrected chi connectivity index (χ3v) is 2.84. The van der Waals surface area contributed by atoms with Gasteiger partial charge in [-0.05, 0) is 18.6 Å². The summed E-state index contributed by atoms with van der Waals surface area (Å²) in [6.07, 6.45) is 1.76. The molecule has 0 aromatic carbocycles. The molecule has 1 saturated heterocycles. The molecule has 5 heteroatoms. The van der Waals surface area contributed by atoms with E-state index in [1.807, 2.05) is 24.0 Å². The fraction of sp³-hybridized carbons (Fsp3) is 0.455. The Morgan fingerprint density at radius 1 is 1.62 bits per heavy atom. The molecule has 0 bridgehead atoms. The van der Waals surface area contributed by atoms with Crippen molar-refractivity contribution in [2.24, 2.45) is 5.73 Å². The predicted octanol–water partition coefficient (Wildman–Crippen LogP) is -0.135. The Balaban J connectivity index is 2.19. The van der Waals surface area contributed by atoms with Crippen LogP contribution in [0.15, 0.2) is 18.3 Å². The first kappa shape index (κ1) is 10.9. The Hall–Kier alpha value is -1.62. The van der Waals surface area contributed by atoms with E-state index in [1.165, 1.54) is 0 Å². The molecule has 3 N–H and O–H groups in total. The highest BCUT2D eigenvalue weighted by Crippen LogP contribution is 2.16. The van der Waals surface area contributed by atoms with Gasteiger partial charge in [-0.25, -0.2) is 4.98 Å². The van der Waals surface area contributed by atoms with Gasteiger partial charge in [0, 0.05) is 25.8 Å². The number of nitrogens with zero attached hydrogens (tertiary/aromatic N) is 2. The second-order valence-corrected chi connectivity index (χ2v) is 3.89. The lowest BCUT2D eigenvalue weighted by atomic mass is 10.2. The number of hydrogen-bond donors (Lipinski definition) is 2. The van der Waals surface area contributed by atoms with E-state index in [-0.39, 0.29) is 11.9 Å². The van der Waals surface area contributed by atoms with E-state index >= 15 is 0 Å². The van der Waals surface area contributed by atoms with Crippen LogP contribution in [0.4, 0.5) is 5.82 Å². The van der Waals surface area contributed by atoms with Crippen molar-refractivity contribution in [1.82, 2.24) is 10.3 Å². The lowest BCUT2D eigenvalue weighted by Gasteiger charge is -2.33. The van der Waals surface area contributed by atoms with Gasteiger partial charge in [0.25, 0.3) is 0 Å². The Morgan fingerprint density at radius 3 is 3.06 bits per heavy atom. The van der Waals surface area contributed by atoms with E-state index in [0.717, 1.165) is 17.9 Å². The van der Waals surface area contributed by atoms with Crippen molar-refractivity contribution in [2.45, 2.75) is 19.5 Å². The monoisotopic (exact) mass is 220 g/mol. The second-order valence-electron chi connectivity index (χ2n) is 3.89. The standard InChI is InChI=1S/C11H16N4O/c1-8-11(16)13-4-5-15(8)10-3-2-9(6-12)7-14-10/h2-3,7-8H,4-6,12H2,1H3,(H,13,16). The fourth-order valence-corrected chi connectivity index (χ4v) is 1.80. The number of anilines is 1. The van der Waals surface area contributed by atoms with E-state index in [9.17, 15) is 4.79 Å². The number of rotatable bonds is 2. The SMILES string of the molecule is CC1C(=O)NCCN1c1ccc(CN)cn1. The van der Waals surface area contributed by atoms with Gasteiger partial charge in [0.2, 0.25) is 5.91 Å². The highest BCUT2D eigenvalue weighted by Gasteiger charge is 2.25. The molecule has 2 heterocycles. The Labute approximate surface area is 94.6 Å². The molecule has 1 fully saturated rings. The third-order valence-electron chi connectivity index (χ3n) is 2.84. The molecule has 1 aromatic heterocycles. The Kier molecular flexibility index (Phi) is 3.05. The van der Waals surface area contributed by atoms with Crippen molar-refractivity contribution in [3.8, 4) is 0 Å². The number of aromatic nitrogens is 1. The fourth-order valence-electron chi connectivity index (χ4n) is 1.80. The summed E-state index contributed by atoms with van der Waals surface area (Å²) >= 11 is 0. The maximum Gasteiger partial charge on any atom is 0.242 e. The van der Waals surface area contributed by atoms with Crippen LogP contribution in [0.25, 0.3) is 0 Å². The van der Waals surface area contributed by atoms with Crippen molar-refractivity contribution >= 4 is 11.7 Å². The minimum absolute atomic E-state index is 0.0518. The van der Waals surface area contributed by atoms with Gasteiger partial charge in [0.1, 0.15) is 11.9 Å². The van der Waals surface area contributed by atoms with E-state index in [0.29, 0.717) is 13.1 Å². The summed E-state index contributed by atoms with van der Waals surface area (Å²) in [4.78, 5) is 17.8. The summed E-state index contributed by atoms with van der Waals surface area (Å²) in [7, 11) is 0. The van der Waals surface area contributed by atoms with Gasteiger partial charge in [-0.3, -0.25) is 4.79 Å². The summed E-state index contributed by atoms with van der Waals surface area (Å²) in [6.45, 7) is 3.84. The average Bonchev–Trinajstić information content (AvgIpc) is 2.33. The van der Waals surface area contributed by atoms with E-state index < -0.39 is 0 Å². The first-order chi connectivity index (χ1) is 7.72. The van der Waals surface area contributed by atoms with Gasteiger partial charge in [-0.15, -0.1) is 0 Å². The van der Waals surface area contributed by atoms with Crippen LogP contribution < -0.4 is 16.0 Å². The summed E-state index contributed by atoms with van der Waals surface area (Å²) in [6, 6.07) is 3.70. The zero-order chi connectivity index (χ0) is 11.5. The smallest absolute Gasteiger partial charge is 0.242 e. The van der Waals surface area contributed by atoms with E-state index in [1.54, 1.807) is 6.20 Å². The summed E-state index contributed by atoms with van der Waals surface area (Å²) < 4.78 is 0. The molecule has 0 aliphatic carbocycles. The van der Waals surface area contributed by atoms with Crippen molar-refractivity contribution in [2.75, 3.05) is 18.0 Å². The molecule has 1 amide bonds. The average molecular weight is 220 g/mol. The molecule has 0 saturated carbocycles. The van der Waals surface area contributed by atoms with Gasteiger partial charge in [0.05, 0.1) is 0 Å². The van der Waals surface area contributed by atoms with Crippen LogP contribution in [0.5, 0.6) is 0 Å². The summed E-state index contributed by atoms with van der Waals surface area (Å²) in [5.74, 6) is 0.885. The van der Waals surface area contributed by atoms with Gasteiger partial charge in [-0.2, -0.15) is 0 Å². The molecule has 1 aliphatic rings. The molecule has 1 atom stereocenters. The van der Waals surface area contributed by atoms with E-state index in [4.69, 9.17) is 5.73 Å². The number of nitrogens with one attached hydrogen (secondary N) is 1. The molecule has 1 unspecified atom stereocenters. The molecule has 2 rings (SSSR count). The van der Waals surface area contributed by atoms with Crippen LogP contribution in [0, 0.1) is 0 Å². The van der Waals surface area contributed by atoms with Crippen molar-refractivity contribution < 1.29 is 4.79 Å². The van der Waals surface area contributed by atoms with Crippen molar-refractivity contribution in [1.29, 1.82) is 0 Å². The van der Waals surface area contributed by atoms with Crippen LogP contribution in [0.2, 0.25) is 0 Å². The third kappa shape index (κ3) is 1.99. The zero-order valence-electron chi connectivity index (χ0n) is 9.31. The maximum atomic E-state index is 11.5. The molecule has 1 aromatic rings. The number of hydrogen-bond acceptors (Lipinski definition) is 4. The lowest BCUT2D eigenvalue weighted by Crippen LogP contribution is -2.54. The number of pyridine rings is 1.